The molecule has 0 fully saturated rings. The topological polar surface area (TPSA) is 79.6 Å². The van der Waals surface area contributed by atoms with Crippen LogP contribution in [0.1, 0.15) is 10.5 Å². The monoisotopic (exact) mass is 354 g/mol. The van der Waals surface area contributed by atoms with Crippen LogP contribution >= 0.6 is 0 Å². The predicted molar refractivity (Wildman–Crippen MR) is 86.1 cm³/mol. The molecule has 1 atom stereocenters. The van der Waals surface area contributed by atoms with Gasteiger partial charge in [-0.3, -0.25) is 4.79 Å². The Morgan fingerprint density at radius 3 is 2.84 bits per heavy atom. The van der Waals surface area contributed by atoms with Gasteiger partial charge in [-0.15, -0.1) is 0 Å². The van der Waals surface area contributed by atoms with Crippen LogP contribution in [0.3, 0.4) is 0 Å². The highest BCUT2D eigenvalue weighted by Crippen LogP contribution is 2.17. The van der Waals surface area contributed by atoms with E-state index in [0.29, 0.717) is 6.54 Å². The van der Waals surface area contributed by atoms with Gasteiger partial charge >= 0.3 is 0 Å². The summed E-state index contributed by atoms with van der Waals surface area (Å²) in [7, 11) is 3.63. The zero-order valence-corrected chi connectivity index (χ0v) is 13.9. The maximum Gasteiger partial charge on any atom is 0.271 e. The Morgan fingerprint density at radius 2 is 2.16 bits per heavy atom. The fourth-order valence-electron chi connectivity index (χ4n) is 2.07. The second-order valence-corrected chi connectivity index (χ2v) is 5.71. The molecule has 9 heteroatoms. The lowest BCUT2D eigenvalue weighted by atomic mass is 10.3. The van der Waals surface area contributed by atoms with Crippen LogP contribution in [0.15, 0.2) is 30.5 Å². The lowest BCUT2D eigenvalue weighted by molar-refractivity contribution is 0.0885. The number of carbonyl (C=O) groups is 1. The van der Waals surface area contributed by atoms with Crippen molar-refractivity contribution in [2.45, 2.75) is 12.8 Å². The zero-order chi connectivity index (χ0) is 18.4. The highest BCUT2D eigenvalue weighted by Gasteiger charge is 2.13. The maximum atomic E-state index is 13.5. The summed E-state index contributed by atoms with van der Waals surface area (Å²) in [6.45, 7) is 0.381. The lowest BCUT2D eigenvalue weighted by Gasteiger charge is -2.15. The van der Waals surface area contributed by atoms with Crippen LogP contribution in [0.2, 0.25) is 0 Å². The number of hydrogen-bond acceptors (Lipinski definition) is 5. The van der Waals surface area contributed by atoms with Crippen molar-refractivity contribution in [3.8, 4) is 5.75 Å². The average Bonchev–Trinajstić information content (AvgIpc) is 3.00. The summed E-state index contributed by atoms with van der Waals surface area (Å²) in [6, 6.07) is 4.45. The number of halogens is 2. The van der Waals surface area contributed by atoms with E-state index in [4.69, 9.17) is 4.74 Å². The van der Waals surface area contributed by atoms with Gasteiger partial charge in [-0.05, 0) is 32.3 Å². The summed E-state index contributed by atoms with van der Waals surface area (Å²) in [5.74, 6) is -2.07. The summed E-state index contributed by atoms with van der Waals surface area (Å²) >= 11 is 0. The van der Waals surface area contributed by atoms with Crippen LogP contribution in [-0.4, -0.2) is 59.0 Å². The first-order valence-corrected chi connectivity index (χ1v) is 7.57. The molecule has 0 saturated carbocycles. The molecule has 7 nitrogen and oxygen atoms in total. The number of benzene rings is 1. The van der Waals surface area contributed by atoms with Crippen molar-refractivity contribution in [2.75, 3.05) is 27.2 Å². The number of likely N-dealkylation sites (N-methyl/N-ethyl adjacent to an activating group) is 1. The molecule has 2 aromatic rings. The molecule has 25 heavy (non-hydrogen) atoms. The van der Waals surface area contributed by atoms with E-state index in [1.807, 2.05) is 14.1 Å². The molecule has 0 bridgehead atoms. The van der Waals surface area contributed by atoms with Crippen molar-refractivity contribution in [1.29, 1.82) is 0 Å². The van der Waals surface area contributed by atoms with E-state index in [1.165, 1.54) is 23.0 Å². The van der Waals surface area contributed by atoms with E-state index in [0.717, 1.165) is 12.1 Å². The average molecular weight is 354 g/mol. The number of hydrogen-bond donors (Lipinski definition) is 2. The molecule has 2 rings (SSSR count). The summed E-state index contributed by atoms with van der Waals surface area (Å²) in [4.78, 5) is 13.8. The maximum absolute atomic E-state index is 13.5. The Balaban J connectivity index is 1.85. The Hall–Kier alpha value is -2.52. The number of rotatable bonds is 8. The number of nitrogens with one attached hydrogen (secondary N) is 1. The van der Waals surface area contributed by atoms with Gasteiger partial charge in [0.25, 0.3) is 5.91 Å². The van der Waals surface area contributed by atoms with E-state index in [9.17, 15) is 18.7 Å². The number of aromatic nitrogens is 2. The fraction of sp³-hybridized carbons (Fsp3) is 0.375. The van der Waals surface area contributed by atoms with Crippen LogP contribution in [-0.2, 0) is 6.73 Å². The van der Waals surface area contributed by atoms with Crippen molar-refractivity contribution < 1.29 is 23.4 Å². The van der Waals surface area contributed by atoms with E-state index >= 15 is 0 Å². The SMILES string of the molecule is CN(C)CC(O)CNC(=O)c1ccn(COc2ccc(F)cc2F)n1. The van der Waals surface area contributed by atoms with Crippen LogP contribution in [0.25, 0.3) is 0 Å². The number of carbonyl (C=O) groups excluding carboxylic acids is 1. The minimum Gasteiger partial charge on any atom is -0.468 e. The van der Waals surface area contributed by atoms with Gasteiger partial charge in [0.1, 0.15) is 11.5 Å². The quantitative estimate of drug-likeness (QED) is 0.735. The van der Waals surface area contributed by atoms with E-state index in [1.54, 1.807) is 4.90 Å². The van der Waals surface area contributed by atoms with Crippen LogP contribution in [0.4, 0.5) is 8.78 Å². The molecule has 1 heterocycles. The van der Waals surface area contributed by atoms with Crippen molar-refractivity contribution in [3.63, 3.8) is 0 Å². The summed E-state index contributed by atoms with van der Waals surface area (Å²) in [5, 5.41) is 16.3. The Morgan fingerprint density at radius 1 is 1.40 bits per heavy atom. The minimum atomic E-state index is -0.819. The van der Waals surface area contributed by atoms with Gasteiger partial charge in [-0.1, -0.05) is 0 Å². The van der Waals surface area contributed by atoms with E-state index in [2.05, 4.69) is 10.4 Å². The van der Waals surface area contributed by atoms with Gasteiger partial charge in [0, 0.05) is 25.4 Å². The number of amides is 1. The Labute approximate surface area is 143 Å². The first-order valence-electron chi connectivity index (χ1n) is 7.57. The van der Waals surface area contributed by atoms with Crippen molar-refractivity contribution in [2.24, 2.45) is 0 Å². The first kappa shape index (κ1) is 18.8. The number of aliphatic hydroxyl groups excluding tert-OH is 1. The molecule has 0 aliphatic heterocycles. The summed E-state index contributed by atoms with van der Waals surface area (Å²) < 4.78 is 32.8. The fourth-order valence-corrected chi connectivity index (χ4v) is 2.07. The molecule has 0 aliphatic carbocycles. The Kier molecular flexibility index (Phi) is 6.43. The minimum absolute atomic E-state index is 0.0984. The molecule has 136 valence electrons. The van der Waals surface area contributed by atoms with Crippen molar-refractivity contribution in [3.05, 3.63) is 47.8 Å². The third-order valence-electron chi connectivity index (χ3n) is 3.19. The van der Waals surface area contributed by atoms with E-state index < -0.39 is 23.6 Å². The third-order valence-corrected chi connectivity index (χ3v) is 3.19. The van der Waals surface area contributed by atoms with Gasteiger partial charge in [-0.25, -0.2) is 13.5 Å². The highest BCUT2D eigenvalue weighted by atomic mass is 19.1. The second kappa shape index (κ2) is 8.54. The van der Waals surface area contributed by atoms with Crippen LogP contribution < -0.4 is 10.1 Å². The first-order chi connectivity index (χ1) is 11.8. The molecule has 1 aromatic carbocycles. The van der Waals surface area contributed by atoms with Crippen molar-refractivity contribution >= 4 is 5.91 Å². The molecular formula is C16H20F2N4O3. The lowest BCUT2D eigenvalue weighted by Crippen LogP contribution is -2.37. The Bertz CT molecular complexity index is 721. The predicted octanol–water partition coefficient (Wildman–Crippen LogP) is 0.850. The van der Waals surface area contributed by atoms with Crippen LogP contribution in [0, 0.1) is 11.6 Å². The zero-order valence-electron chi connectivity index (χ0n) is 13.9. The third kappa shape index (κ3) is 5.80. The standard InChI is InChI=1S/C16H20F2N4O3/c1-21(2)9-12(23)8-19-16(24)14-5-6-22(20-14)10-25-15-4-3-11(17)7-13(15)18/h3-7,12,23H,8-10H2,1-2H3,(H,19,24). The summed E-state index contributed by atoms with van der Waals surface area (Å²) in [6.07, 6.45) is 0.804. The van der Waals surface area contributed by atoms with Gasteiger partial charge in [0.15, 0.2) is 18.3 Å². The molecule has 0 radical (unpaired) electrons. The summed E-state index contributed by atoms with van der Waals surface area (Å²) in [5.41, 5.74) is 0.139. The molecule has 1 unspecified atom stereocenters. The van der Waals surface area contributed by atoms with Gasteiger partial charge in [-0.2, -0.15) is 5.10 Å². The molecule has 0 saturated heterocycles. The highest BCUT2D eigenvalue weighted by molar-refractivity contribution is 5.92. The molecule has 2 N–H and O–H groups in total. The molecular weight excluding hydrogens is 334 g/mol. The normalized spacial score (nSPS) is 12.2. The largest absolute Gasteiger partial charge is 0.468 e. The van der Waals surface area contributed by atoms with Crippen LogP contribution in [0.5, 0.6) is 5.75 Å². The number of aliphatic hydroxyl groups is 1. The molecule has 1 aromatic heterocycles. The number of ether oxygens (including phenoxy) is 1. The van der Waals surface area contributed by atoms with Gasteiger partial charge in [0.2, 0.25) is 0 Å². The molecule has 0 aliphatic rings. The van der Waals surface area contributed by atoms with Crippen molar-refractivity contribution in [1.82, 2.24) is 20.0 Å². The molecule has 1 amide bonds. The van der Waals surface area contributed by atoms with E-state index in [-0.39, 0.29) is 24.7 Å². The second-order valence-electron chi connectivity index (χ2n) is 5.71. The smallest absolute Gasteiger partial charge is 0.271 e. The number of nitrogens with zero attached hydrogens (tertiary/aromatic N) is 3. The molecule has 0 spiro atoms. The van der Waals surface area contributed by atoms with Gasteiger partial charge in [0.05, 0.1) is 6.10 Å². The van der Waals surface area contributed by atoms with Gasteiger partial charge < -0.3 is 20.1 Å².